The summed E-state index contributed by atoms with van der Waals surface area (Å²) in [6.45, 7) is 0. The Labute approximate surface area is 74.1 Å². The normalized spacial score (nSPS) is 10.0. The molecule has 0 saturated carbocycles. The molecule has 2 nitrogen and oxygen atoms in total. The van der Waals surface area contributed by atoms with Crippen molar-refractivity contribution in [3.05, 3.63) is 41.5 Å². The van der Waals surface area contributed by atoms with E-state index in [9.17, 15) is 4.79 Å². The maximum absolute atomic E-state index is 10.6. The van der Waals surface area contributed by atoms with E-state index in [1.807, 2.05) is 40.5 Å². The summed E-state index contributed by atoms with van der Waals surface area (Å²) in [4.78, 5) is 10.6. The number of carbonyl (C=O) groups is 1. The smallest absolute Gasteiger partial charge is 0.153 e. The van der Waals surface area contributed by atoms with Gasteiger partial charge in [0.1, 0.15) is 5.00 Å². The van der Waals surface area contributed by atoms with E-state index in [1.54, 1.807) is 11.3 Å². The summed E-state index contributed by atoms with van der Waals surface area (Å²) in [5, 5.41) is 2.90. The summed E-state index contributed by atoms with van der Waals surface area (Å²) in [6, 6.07) is 5.70. The van der Waals surface area contributed by atoms with E-state index in [0.29, 0.717) is 0 Å². The third-order valence-electron chi connectivity index (χ3n) is 1.64. The summed E-state index contributed by atoms with van der Waals surface area (Å²) in [6.07, 6.45) is 4.74. The van der Waals surface area contributed by atoms with Crippen molar-refractivity contribution in [1.29, 1.82) is 0 Å². The van der Waals surface area contributed by atoms with Crippen molar-refractivity contribution in [2.24, 2.45) is 0 Å². The molecule has 0 spiro atoms. The highest BCUT2D eigenvalue weighted by molar-refractivity contribution is 7.12. The Kier molecular flexibility index (Phi) is 1.80. The number of rotatable bonds is 2. The van der Waals surface area contributed by atoms with E-state index in [4.69, 9.17) is 0 Å². The molecule has 0 aliphatic carbocycles. The van der Waals surface area contributed by atoms with Crippen molar-refractivity contribution in [3.8, 4) is 5.00 Å². The molecule has 60 valence electrons. The van der Waals surface area contributed by atoms with Crippen molar-refractivity contribution in [2.75, 3.05) is 0 Å². The maximum atomic E-state index is 10.6. The van der Waals surface area contributed by atoms with Gasteiger partial charge in [-0.1, -0.05) is 0 Å². The van der Waals surface area contributed by atoms with Crippen LogP contribution in [-0.2, 0) is 0 Å². The van der Waals surface area contributed by atoms with Crippen LogP contribution in [0.3, 0.4) is 0 Å². The van der Waals surface area contributed by atoms with Crippen LogP contribution in [0.25, 0.3) is 5.00 Å². The lowest BCUT2D eigenvalue weighted by molar-refractivity contribution is 0.112. The molecule has 0 aliphatic rings. The number of thiophene rings is 1. The van der Waals surface area contributed by atoms with Crippen molar-refractivity contribution < 1.29 is 4.79 Å². The van der Waals surface area contributed by atoms with Gasteiger partial charge in [0, 0.05) is 18.0 Å². The van der Waals surface area contributed by atoms with Gasteiger partial charge in [0.05, 0.1) is 0 Å². The number of hydrogen-bond acceptors (Lipinski definition) is 2. The highest BCUT2D eigenvalue weighted by Gasteiger charge is 2.02. The fourth-order valence-electron chi connectivity index (χ4n) is 1.08. The van der Waals surface area contributed by atoms with Gasteiger partial charge in [0.15, 0.2) is 6.29 Å². The molecule has 0 N–H and O–H groups in total. The number of carbonyl (C=O) groups excluding carboxylic acids is 1. The minimum absolute atomic E-state index is 0.746. The van der Waals surface area contributed by atoms with E-state index < -0.39 is 0 Å². The Morgan fingerprint density at radius 1 is 1.33 bits per heavy atom. The molecule has 0 saturated heterocycles. The van der Waals surface area contributed by atoms with Crippen LogP contribution in [0.15, 0.2) is 36.0 Å². The molecule has 12 heavy (non-hydrogen) atoms. The number of aromatic nitrogens is 1. The zero-order valence-corrected chi connectivity index (χ0v) is 7.12. The molecule has 2 aromatic rings. The Balaban J connectivity index is 2.53. The fourth-order valence-corrected chi connectivity index (χ4v) is 1.92. The lowest BCUT2D eigenvalue weighted by Gasteiger charge is -1.97. The third-order valence-corrected chi connectivity index (χ3v) is 2.58. The summed E-state index contributed by atoms with van der Waals surface area (Å²) in [5.41, 5.74) is 0.746. The van der Waals surface area contributed by atoms with Crippen LogP contribution >= 0.6 is 11.3 Å². The lowest BCUT2D eigenvalue weighted by Crippen LogP contribution is -1.89. The van der Waals surface area contributed by atoms with Crippen molar-refractivity contribution in [2.45, 2.75) is 0 Å². The SMILES string of the molecule is O=Cc1ccsc1-n1cccc1. The summed E-state index contributed by atoms with van der Waals surface area (Å²) in [7, 11) is 0. The van der Waals surface area contributed by atoms with Crippen molar-refractivity contribution >= 4 is 17.6 Å². The van der Waals surface area contributed by atoms with Gasteiger partial charge >= 0.3 is 0 Å². The zero-order chi connectivity index (χ0) is 8.39. The molecule has 0 bridgehead atoms. The van der Waals surface area contributed by atoms with Crippen LogP contribution in [0.1, 0.15) is 10.4 Å². The quantitative estimate of drug-likeness (QED) is 0.645. The molecule has 0 atom stereocenters. The highest BCUT2D eigenvalue weighted by atomic mass is 32.1. The van der Waals surface area contributed by atoms with Gasteiger partial charge in [-0.2, -0.15) is 0 Å². The van der Waals surface area contributed by atoms with E-state index in [0.717, 1.165) is 16.9 Å². The number of aldehydes is 1. The molecule has 3 heteroatoms. The van der Waals surface area contributed by atoms with Crippen molar-refractivity contribution in [3.63, 3.8) is 0 Å². The minimum Gasteiger partial charge on any atom is -0.315 e. The van der Waals surface area contributed by atoms with Crippen LogP contribution in [-0.4, -0.2) is 10.9 Å². The second-order valence-electron chi connectivity index (χ2n) is 2.39. The second-order valence-corrected chi connectivity index (χ2v) is 3.28. The van der Waals surface area contributed by atoms with Crippen LogP contribution in [0.2, 0.25) is 0 Å². The lowest BCUT2D eigenvalue weighted by atomic mass is 10.3. The molecular weight excluding hydrogens is 170 g/mol. The summed E-state index contributed by atoms with van der Waals surface area (Å²) >= 11 is 1.56. The first-order chi connectivity index (χ1) is 5.92. The van der Waals surface area contributed by atoms with Crippen LogP contribution in [0, 0.1) is 0 Å². The van der Waals surface area contributed by atoms with E-state index >= 15 is 0 Å². The number of hydrogen-bond donors (Lipinski definition) is 0. The highest BCUT2D eigenvalue weighted by Crippen LogP contribution is 2.19. The van der Waals surface area contributed by atoms with Gasteiger partial charge in [0.25, 0.3) is 0 Å². The van der Waals surface area contributed by atoms with Gasteiger partial charge in [0.2, 0.25) is 0 Å². The largest absolute Gasteiger partial charge is 0.315 e. The van der Waals surface area contributed by atoms with Crippen LogP contribution in [0.5, 0.6) is 0 Å². The second kappa shape index (κ2) is 2.95. The molecule has 0 amide bonds. The molecule has 2 aromatic heterocycles. The average Bonchev–Trinajstić information content (AvgIpc) is 2.74. The Morgan fingerprint density at radius 3 is 2.75 bits per heavy atom. The third kappa shape index (κ3) is 1.08. The van der Waals surface area contributed by atoms with Gasteiger partial charge < -0.3 is 4.57 Å². The molecular formula is C9H7NOS. The van der Waals surface area contributed by atoms with Gasteiger partial charge in [-0.3, -0.25) is 4.79 Å². The standard InChI is InChI=1S/C9H7NOS/c11-7-8-3-6-12-9(8)10-4-1-2-5-10/h1-7H. The predicted octanol–water partition coefficient (Wildman–Crippen LogP) is 2.35. The van der Waals surface area contributed by atoms with E-state index in [1.165, 1.54) is 0 Å². The molecule has 0 aromatic carbocycles. The fraction of sp³-hybridized carbons (Fsp3) is 0. The molecule has 0 fully saturated rings. The molecule has 0 aliphatic heterocycles. The average molecular weight is 177 g/mol. The van der Waals surface area contributed by atoms with E-state index in [-0.39, 0.29) is 0 Å². The van der Waals surface area contributed by atoms with Crippen LogP contribution < -0.4 is 0 Å². The zero-order valence-electron chi connectivity index (χ0n) is 6.31. The predicted molar refractivity (Wildman–Crippen MR) is 49.0 cm³/mol. The van der Waals surface area contributed by atoms with Gasteiger partial charge in [-0.05, 0) is 23.6 Å². The maximum Gasteiger partial charge on any atom is 0.153 e. The summed E-state index contributed by atoms with van der Waals surface area (Å²) < 4.78 is 1.94. The van der Waals surface area contributed by atoms with Gasteiger partial charge in [-0.15, -0.1) is 11.3 Å². The molecule has 2 heterocycles. The molecule has 0 unspecified atom stereocenters. The molecule has 0 radical (unpaired) electrons. The molecule has 2 rings (SSSR count). The minimum atomic E-state index is 0.746. The Bertz CT molecular complexity index is 375. The first-order valence-electron chi connectivity index (χ1n) is 3.58. The Morgan fingerprint density at radius 2 is 2.08 bits per heavy atom. The van der Waals surface area contributed by atoms with Gasteiger partial charge in [-0.25, -0.2) is 0 Å². The monoisotopic (exact) mass is 177 g/mol. The Hall–Kier alpha value is -1.35. The summed E-state index contributed by atoms with van der Waals surface area (Å²) in [5.74, 6) is 0. The first kappa shape index (κ1) is 7.31. The number of nitrogens with zero attached hydrogens (tertiary/aromatic N) is 1. The topological polar surface area (TPSA) is 22.0 Å². The van der Waals surface area contributed by atoms with E-state index in [2.05, 4.69) is 0 Å². The van der Waals surface area contributed by atoms with Crippen LogP contribution in [0.4, 0.5) is 0 Å². The first-order valence-corrected chi connectivity index (χ1v) is 4.46. The van der Waals surface area contributed by atoms with Crippen molar-refractivity contribution in [1.82, 2.24) is 4.57 Å².